The van der Waals surface area contributed by atoms with Crippen LogP contribution in [0.3, 0.4) is 0 Å². The van der Waals surface area contributed by atoms with Crippen molar-refractivity contribution in [3.05, 3.63) is 22.2 Å². The molecule has 1 rings (SSSR count). The molecule has 1 N–H and O–H groups in total. The van der Waals surface area contributed by atoms with Crippen molar-refractivity contribution < 1.29 is 32.1 Å². The maximum absolute atomic E-state index is 13.1. The van der Waals surface area contributed by atoms with Gasteiger partial charge in [0.25, 0.3) is 0 Å². The lowest BCUT2D eigenvalue weighted by Crippen LogP contribution is -2.16. The van der Waals surface area contributed by atoms with E-state index in [9.17, 15) is 22.1 Å². The van der Waals surface area contributed by atoms with Crippen molar-refractivity contribution in [2.24, 2.45) is 0 Å². The summed E-state index contributed by atoms with van der Waals surface area (Å²) < 4.78 is 63.0. The molecule has 16 heavy (non-hydrogen) atoms. The molecule has 0 saturated carbocycles. The van der Waals surface area contributed by atoms with Gasteiger partial charge in [-0.1, -0.05) is 11.6 Å². The molecule has 1 aromatic rings. The summed E-state index contributed by atoms with van der Waals surface area (Å²) in [7, 11) is 0. The van der Waals surface area contributed by atoms with Crippen LogP contribution in [0.2, 0.25) is 5.02 Å². The number of rotatable bonds is 2. The Kier molecular flexibility index (Phi) is 3.56. The van der Waals surface area contributed by atoms with Gasteiger partial charge in [0.05, 0.1) is 4.90 Å². The lowest BCUT2D eigenvalue weighted by atomic mass is 10.1. The number of alkyl halides is 2. The molecule has 0 radical (unpaired) electrons. The molecule has 0 fully saturated rings. The summed E-state index contributed by atoms with van der Waals surface area (Å²) in [6.45, 7) is 0. The summed E-state index contributed by atoms with van der Waals surface area (Å²) in [5, 5.41) is 7.03. The van der Waals surface area contributed by atoms with Crippen LogP contribution < -0.4 is 4.94 Å². The van der Waals surface area contributed by atoms with E-state index in [4.69, 9.17) is 16.7 Å². The van der Waals surface area contributed by atoms with Crippen molar-refractivity contribution >= 4 is 24.2 Å². The number of benzene rings is 1. The normalized spacial score (nSPS) is 11.8. The Morgan fingerprint density at radius 1 is 1.25 bits per heavy atom. The highest BCUT2D eigenvalue weighted by Crippen LogP contribution is 2.43. The highest BCUT2D eigenvalue weighted by Gasteiger charge is 2.40. The summed E-state index contributed by atoms with van der Waals surface area (Å²) in [5.41, 5.74) is -1.92. The molecule has 0 saturated heterocycles. The third kappa shape index (κ3) is 2.04. The first-order valence-electron chi connectivity index (χ1n) is 3.50. The number of hydrogen-bond donors (Lipinski definition) is 2. The van der Waals surface area contributed by atoms with Crippen LogP contribution in [0.1, 0.15) is 5.56 Å². The summed E-state index contributed by atoms with van der Waals surface area (Å²) >= 11 is 8.29. The quantitative estimate of drug-likeness (QED) is 0.495. The maximum atomic E-state index is 13.1. The van der Waals surface area contributed by atoms with Gasteiger partial charge in [0.15, 0.2) is 11.6 Å². The SMILES string of the molecule is OC(F)(F)c1c(F)c(S)c(F)c(Cl)c1OF. The zero-order valence-corrected chi connectivity index (χ0v) is 8.72. The Balaban J connectivity index is 3.72. The van der Waals surface area contributed by atoms with Crippen LogP contribution in [-0.2, 0) is 6.11 Å². The van der Waals surface area contributed by atoms with Crippen LogP contribution >= 0.6 is 24.2 Å². The third-order valence-electron chi connectivity index (χ3n) is 1.63. The van der Waals surface area contributed by atoms with Crippen LogP contribution in [0, 0.1) is 11.6 Å². The Morgan fingerprint density at radius 2 is 1.75 bits per heavy atom. The van der Waals surface area contributed by atoms with Crippen LogP contribution in [0.15, 0.2) is 4.90 Å². The fraction of sp³-hybridized carbons (Fsp3) is 0.143. The van der Waals surface area contributed by atoms with E-state index in [2.05, 4.69) is 17.6 Å². The van der Waals surface area contributed by atoms with Gasteiger partial charge in [-0.15, -0.1) is 12.6 Å². The Labute approximate surface area is 95.9 Å². The molecule has 0 amide bonds. The molecular formula is C7H2ClF5O2S. The average molecular weight is 281 g/mol. The van der Waals surface area contributed by atoms with Gasteiger partial charge in [-0.25, -0.2) is 8.78 Å². The van der Waals surface area contributed by atoms with E-state index in [1.807, 2.05) is 0 Å². The fourth-order valence-corrected chi connectivity index (χ4v) is 1.48. The van der Waals surface area contributed by atoms with Crippen molar-refractivity contribution in [2.45, 2.75) is 11.0 Å². The van der Waals surface area contributed by atoms with E-state index < -0.39 is 39.0 Å². The maximum Gasteiger partial charge on any atom is 0.387 e. The van der Waals surface area contributed by atoms with Gasteiger partial charge < -0.3 is 5.11 Å². The first-order chi connectivity index (χ1) is 7.21. The Bertz CT molecular complexity index is 434. The molecule has 2 nitrogen and oxygen atoms in total. The molecular weight excluding hydrogens is 279 g/mol. The van der Waals surface area contributed by atoms with Gasteiger partial charge in [-0.2, -0.15) is 8.78 Å². The smallest absolute Gasteiger partial charge is 0.332 e. The zero-order valence-electron chi connectivity index (χ0n) is 7.07. The second kappa shape index (κ2) is 4.27. The second-order valence-corrected chi connectivity index (χ2v) is 3.44. The predicted molar refractivity (Wildman–Crippen MR) is 46.5 cm³/mol. The predicted octanol–water partition coefficient (Wildman–Crippen LogP) is 3.21. The van der Waals surface area contributed by atoms with Gasteiger partial charge in [0.1, 0.15) is 10.6 Å². The summed E-state index contributed by atoms with van der Waals surface area (Å²) in [6, 6.07) is 0. The molecule has 0 unspecified atom stereocenters. The fourth-order valence-electron chi connectivity index (χ4n) is 0.969. The minimum absolute atomic E-state index is 1.19. The second-order valence-electron chi connectivity index (χ2n) is 2.61. The lowest BCUT2D eigenvalue weighted by molar-refractivity contribution is -0.213. The van der Waals surface area contributed by atoms with E-state index in [0.29, 0.717) is 0 Å². The minimum Gasteiger partial charge on any atom is -0.332 e. The molecule has 0 heterocycles. The topological polar surface area (TPSA) is 29.5 Å². The monoisotopic (exact) mass is 280 g/mol. The van der Waals surface area contributed by atoms with Crippen molar-refractivity contribution in [1.29, 1.82) is 0 Å². The first-order valence-corrected chi connectivity index (χ1v) is 4.33. The number of thiol groups is 1. The largest absolute Gasteiger partial charge is 0.387 e. The van der Waals surface area contributed by atoms with Crippen molar-refractivity contribution in [1.82, 2.24) is 0 Å². The van der Waals surface area contributed by atoms with Crippen LogP contribution in [0.25, 0.3) is 0 Å². The van der Waals surface area contributed by atoms with E-state index in [1.54, 1.807) is 0 Å². The highest BCUT2D eigenvalue weighted by molar-refractivity contribution is 7.80. The number of halogens is 6. The number of aliphatic hydroxyl groups is 1. The molecule has 0 aliphatic rings. The van der Waals surface area contributed by atoms with Gasteiger partial charge in [0.2, 0.25) is 5.75 Å². The Morgan fingerprint density at radius 3 is 2.12 bits per heavy atom. The molecule has 0 aliphatic carbocycles. The van der Waals surface area contributed by atoms with E-state index in [0.717, 1.165) is 0 Å². The standard InChI is InChI=1S/C7H2ClF5O2S/c8-2-4(10)6(16)3(9)1(5(2)15-13)7(11,12)14/h14,16H. The van der Waals surface area contributed by atoms with E-state index in [1.165, 1.54) is 0 Å². The molecule has 90 valence electrons. The average Bonchev–Trinajstić information content (AvgIpc) is 2.18. The molecule has 0 spiro atoms. The minimum atomic E-state index is -4.79. The molecule has 9 heteroatoms. The third-order valence-corrected chi connectivity index (χ3v) is 2.36. The van der Waals surface area contributed by atoms with Crippen molar-refractivity contribution in [3.8, 4) is 5.75 Å². The highest BCUT2D eigenvalue weighted by atomic mass is 35.5. The molecule has 0 aromatic heterocycles. The summed E-state index contributed by atoms with van der Waals surface area (Å²) in [6.07, 6.45) is -4.79. The lowest BCUT2D eigenvalue weighted by Gasteiger charge is -2.15. The van der Waals surface area contributed by atoms with Crippen LogP contribution in [-0.4, -0.2) is 5.11 Å². The van der Waals surface area contributed by atoms with Crippen LogP contribution in [0.4, 0.5) is 22.1 Å². The molecule has 0 aliphatic heterocycles. The van der Waals surface area contributed by atoms with Crippen LogP contribution in [0.5, 0.6) is 5.75 Å². The van der Waals surface area contributed by atoms with Gasteiger partial charge in [0, 0.05) is 4.53 Å². The van der Waals surface area contributed by atoms with Gasteiger partial charge >= 0.3 is 6.11 Å². The van der Waals surface area contributed by atoms with E-state index >= 15 is 0 Å². The Hall–Kier alpha value is -0.730. The van der Waals surface area contributed by atoms with E-state index in [-0.39, 0.29) is 0 Å². The zero-order chi connectivity index (χ0) is 12.7. The first kappa shape index (κ1) is 13.3. The molecule has 1 aromatic carbocycles. The van der Waals surface area contributed by atoms with Crippen molar-refractivity contribution in [2.75, 3.05) is 0 Å². The molecule has 0 atom stereocenters. The summed E-state index contributed by atoms with van der Waals surface area (Å²) in [4.78, 5) is 1.65. The van der Waals surface area contributed by atoms with Gasteiger partial charge in [-0.05, 0) is 0 Å². The van der Waals surface area contributed by atoms with Gasteiger partial charge in [-0.3, -0.25) is 4.94 Å². The summed E-state index contributed by atoms with van der Waals surface area (Å²) in [5.74, 6) is -5.18. The molecule has 0 bridgehead atoms. The number of hydrogen-bond acceptors (Lipinski definition) is 3. The van der Waals surface area contributed by atoms with Crippen molar-refractivity contribution in [3.63, 3.8) is 0 Å².